The molecule has 0 fully saturated rings. The maximum Gasteiger partial charge on any atom is 0.332 e. The van der Waals surface area contributed by atoms with Gasteiger partial charge in [0.15, 0.2) is 0 Å². The normalized spacial score (nSPS) is 9.93. The van der Waals surface area contributed by atoms with Gasteiger partial charge in [0.1, 0.15) is 6.33 Å². The van der Waals surface area contributed by atoms with Crippen molar-refractivity contribution in [3.05, 3.63) is 27.0 Å². The fraction of sp³-hybridized carbons (Fsp3) is 0.429. The van der Waals surface area contributed by atoms with E-state index in [-0.39, 0.29) is 25.5 Å². The Morgan fingerprint density at radius 2 is 2.33 bits per heavy atom. The van der Waals surface area contributed by atoms with Crippen LogP contribution in [0.5, 0.6) is 0 Å². The number of aromatic nitrogens is 3. The summed E-state index contributed by atoms with van der Waals surface area (Å²) >= 11 is 0. The van der Waals surface area contributed by atoms with E-state index in [0.717, 1.165) is 11.0 Å². The van der Waals surface area contributed by atoms with Crippen molar-refractivity contribution in [3.8, 4) is 0 Å². The van der Waals surface area contributed by atoms with Gasteiger partial charge in [-0.3, -0.25) is 14.4 Å². The predicted molar refractivity (Wildman–Crippen MR) is 51.2 cm³/mol. The molecule has 0 aromatic carbocycles. The van der Waals surface area contributed by atoms with Gasteiger partial charge in [-0.25, -0.2) is 4.68 Å². The topological polar surface area (TPSA) is 123 Å². The highest BCUT2D eigenvalue weighted by Crippen LogP contribution is 1.70. The van der Waals surface area contributed by atoms with Crippen molar-refractivity contribution in [2.45, 2.75) is 6.54 Å². The Balaban J connectivity index is 2.59. The lowest BCUT2D eigenvalue weighted by Gasteiger charge is -2.03. The Morgan fingerprint density at radius 1 is 1.60 bits per heavy atom. The zero-order chi connectivity index (χ0) is 11.3. The number of nitrogens with two attached hydrogens (primary N) is 1. The molecule has 1 rings (SSSR count). The van der Waals surface area contributed by atoms with Crippen molar-refractivity contribution in [3.63, 3.8) is 0 Å². The fourth-order valence-electron chi connectivity index (χ4n) is 0.921. The molecule has 1 aromatic heterocycles. The first-order chi connectivity index (χ1) is 7.15. The molecule has 82 valence electrons. The Bertz CT molecular complexity index is 448. The van der Waals surface area contributed by atoms with Crippen LogP contribution in [0.4, 0.5) is 0 Å². The Hall–Kier alpha value is -1.96. The van der Waals surface area contributed by atoms with E-state index < -0.39 is 11.1 Å². The van der Waals surface area contributed by atoms with E-state index in [9.17, 15) is 14.4 Å². The van der Waals surface area contributed by atoms with Crippen molar-refractivity contribution in [2.24, 2.45) is 5.73 Å². The smallest absolute Gasteiger partial charge is 0.332 e. The molecule has 4 N–H and O–H groups in total. The Morgan fingerprint density at radius 3 is 3.00 bits per heavy atom. The molecule has 8 nitrogen and oxygen atoms in total. The molecule has 8 heteroatoms. The molecule has 0 unspecified atom stereocenters. The summed E-state index contributed by atoms with van der Waals surface area (Å²) in [5.74, 6) is -0.326. The molecule has 0 saturated heterocycles. The summed E-state index contributed by atoms with van der Waals surface area (Å²) in [7, 11) is 0. The van der Waals surface area contributed by atoms with Gasteiger partial charge in [0.2, 0.25) is 5.91 Å². The van der Waals surface area contributed by atoms with E-state index in [0.29, 0.717) is 0 Å². The number of nitrogens with one attached hydrogen (secondary N) is 2. The highest BCUT2D eigenvalue weighted by Gasteiger charge is 2.01. The molecule has 1 aromatic rings. The summed E-state index contributed by atoms with van der Waals surface area (Å²) in [5, 5.41) is 6.08. The van der Waals surface area contributed by atoms with Crippen LogP contribution in [0.25, 0.3) is 0 Å². The van der Waals surface area contributed by atoms with Crippen molar-refractivity contribution >= 4 is 5.91 Å². The van der Waals surface area contributed by atoms with Crippen molar-refractivity contribution in [1.29, 1.82) is 0 Å². The van der Waals surface area contributed by atoms with Crippen molar-refractivity contribution in [1.82, 2.24) is 20.1 Å². The molecule has 0 aliphatic heterocycles. The van der Waals surface area contributed by atoms with E-state index in [2.05, 4.69) is 15.4 Å². The largest absolute Gasteiger partial charge is 0.353 e. The van der Waals surface area contributed by atoms with E-state index in [4.69, 9.17) is 5.73 Å². The third-order valence-electron chi connectivity index (χ3n) is 1.65. The molecule has 1 amide bonds. The summed E-state index contributed by atoms with van der Waals surface area (Å²) in [5.41, 5.74) is 3.56. The standard InChI is InChI=1S/C7H11N5O3/c8-3-5(13)9-1-2-12-7(15)6(14)10-4-11-12/h4H,1-3,8H2,(H,9,13)(H,10,11,14). The van der Waals surface area contributed by atoms with Crippen LogP contribution in [0, 0.1) is 0 Å². The van der Waals surface area contributed by atoms with Crippen LogP contribution < -0.4 is 22.2 Å². The summed E-state index contributed by atoms with van der Waals surface area (Å²) in [6.07, 6.45) is 1.12. The Labute approximate surface area is 84.1 Å². The zero-order valence-corrected chi connectivity index (χ0v) is 7.90. The molecule has 0 spiro atoms. The SMILES string of the molecule is NCC(=O)NCCn1nc[nH]c(=O)c1=O. The van der Waals surface area contributed by atoms with Crippen LogP contribution in [0.2, 0.25) is 0 Å². The molecule has 1 heterocycles. The zero-order valence-electron chi connectivity index (χ0n) is 7.90. The van der Waals surface area contributed by atoms with Gasteiger partial charge in [-0.05, 0) is 0 Å². The summed E-state index contributed by atoms with van der Waals surface area (Å²) < 4.78 is 0.968. The average Bonchev–Trinajstić information content (AvgIpc) is 2.24. The third kappa shape index (κ3) is 3.02. The number of hydrogen-bond acceptors (Lipinski definition) is 5. The van der Waals surface area contributed by atoms with Crippen LogP contribution in [-0.2, 0) is 11.3 Å². The number of carbonyl (C=O) groups is 1. The second-order valence-corrected chi connectivity index (χ2v) is 2.70. The van der Waals surface area contributed by atoms with E-state index in [1.54, 1.807) is 0 Å². The molecule has 15 heavy (non-hydrogen) atoms. The number of hydrogen-bond donors (Lipinski definition) is 3. The van der Waals surface area contributed by atoms with Gasteiger partial charge in [-0.1, -0.05) is 0 Å². The maximum atomic E-state index is 11.1. The number of H-pyrrole nitrogens is 1. The minimum absolute atomic E-state index is 0.113. The summed E-state index contributed by atoms with van der Waals surface area (Å²) in [6, 6.07) is 0. The molecule has 0 atom stereocenters. The minimum atomic E-state index is -0.750. The molecular formula is C7H11N5O3. The number of nitrogens with zero attached hydrogens (tertiary/aromatic N) is 2. The second-order valence-electron chi connectivity index (χ2n) is 2.70. The number of amides is 1. The van der Waals surface area contributed by atoms with Gasteiger partial charge >= 0.3 is 11.1 Å². The van der Waals surface area contributed by atoms with Crippen LogP contribution >= 0.6 is 0 Å². The molecule has 0 saturated carbocycles. The van der Waals surface area contributed by atoms with Crippen molar-refractivity contribution in [2.75, 3.05) is 13.1 Å². The van der Waals surface area contributed by atoms with Gasteiger partial charge in [-0.2, -0.15) is 5.10 Å². The second kappa shape index (κ2) is 5.05. The van der Waals surface area contributed by atoms with Gasteiger partial charge in [0, 0.05) is 6.54 Å². The monoisotopic (exact) mass is 213 g/mol. The molecule has 0 radical (unpaired) electrons. The molecule has 0 aliphatic carbocycles. The Kier molecular flexibility index (Phi) is 3.75. The number of carbonyl (C=O) groups excluding carboxylic acids is 1. The summed E-state index contributed by atoms with van der Waals surface area (Å²) in [4.78, 5) is 34.9. The fourth-order valence-corrected chi connectivity index (χ4v) is 0.921. The minimum Gasteiger partial charge on any atom is -0.353 e. The summed E-state index contributed by atoms with van der Waals surface area (Å²) in [6.45, 7) is 0.221. The highest BCUT2D eigenvalue weighted by molar-refractivity contribution is 5.77. The molecular weight excluding hydrogens is 202 g/mol. The van der Waals surface area contributed by atoms with Gasteiger partial charge < -0.3 is 16.0 Å². The lowest BCUT2D eigenvalue weighted by molar-refractivity contribution is -0.119. The molecule has 0 aliphatic rings. The van der Waals surface area contributed by atoms with Gasteiger partial charge in [0.05, 0.1) is 13.1 Å². The van der Waals surface area contributed by atoms with Crippen LogP contribution in [-0.4, -0.2) is 33.8 Å². The number of rotatable bonds is 4. The van der Waals surface area contributed by atoms with E-state index in [1.165, 1.54) is 0 Å². The quantitative estimate of drug-likeness (QED) is 0.460. The lowest BCUT2D eigenvalue weighted by Crippen LogP contribution is -2.40. The predicted octanol–water partition coefficient (Wildman–Crippen LogP) is -2.99. The van der Waals surface area contributed by atoms with Crippen LogP contribution in [0.1, 0.15) is 0 Å². The average molecular weight is 213 g/mol. The van der Waals surface area contributed by atoms with Crippen LogP contribution in [0.15, 0.2) is 15.9 Å². The van der Waals surface area contributed by atoms with E-state index in [1.807, 2.05) is 0 Å². The third-order valence-corrected chi connectivity index (χ3v) is 1.65. The first kappa shape index (κ1) is 11.1. The highest BCUT2D eigenvalue weighted by atomic mass is 16.2. The van der Waals surface area contributed by atoms with Gasteiger partial charge in [-0.15, -0.1) is 0 Å². The van der Waals surface area contributed by atoms with Crippen molar-refractivity contribution < 1.29 is 4.79 Å². The van der Waals surface area contributed by atoms with Crippen LogP contribution in [0.3, 0.4) is 0 Å². The number of aromatic amines is 1. The molecule has 0 bridgehead atoms. The first-order valence-corrected chi connectivity index (χ1v) is 4.26. The van der Waals surface area contributed by atoms with E-state index >= 15 is 0 Å². The lowest BCUT2D eigenvalue weighted by atomic mass is 10.5. The van der Waals surface area contributed by atoms with Gasteiger partial charge in [0.25, 0.3) is 0 Å². The maximum absolute atomic E-state index is 11.1. The first-order valence-electron chi connectivity index (χ1n) is 4.26.